The number of esters is 1. The zero-order chi connectivity index (χ0) is 16.8. The van der Waals surface area contributed by atoms with E-state index >= 15 is 0 Å². The number of hydrogen-bond acceptors (Lipinski definition) is 7. The molecule has 0 aliphatic carbocycles. The first kappa shape index (κ1) is 17.2. The van der Waals surface area contributed by atoms with Gasteiger partial charge in [-0.1, -0.05) is 11.3 Å². The maximum absolute atomic E-state index is 11.9. The van der Waals surface area contributed by atoms with Crippen molar-refractivity contribution in [1.29, 1.82) is 0 Å². The summed E-state index contributed by atoms with van der Waals surface area (Å²) in [7, 11) is 0. The van der Waals surface area contributed by atoms with Crippen molar-refractivity contribution in [3.8, 4) is 5.75 Å². The van der Waals surface area contributed by atoms with Crippen LogP contribution in [0.5, 0.6) is 5.75 Å². The van der Waals surface area contributed by atoms with Gasteiger partial charge in [0.05, 0.1) is 29.9 Å². The molecule has 0 aliphatic rings. The molecule has 0 saturated carbocycles. The second-order valence-electron chi connectivity index (χ2n) is 4.60. The zero-order valence-corrected chi connectivity index (χ0v) is 13.7. The molecule has 0 aliphatic heterocycles. The van der Waals surface area contributed by atoms with E-state index in [9.17, 15) is 14.7 Å². The van der Waals surface area contributed by atoms with Gasteiger partial charge in [-0.2, -0.15) is 0 Å². The lowest BCUT2D eigenvalue weighted by atomic mass is 10.2. The number of nitrogens with zero attached hydrogens (tertiary/aromatic N) is 1. The highest BCUT2D eigenvalue weighted by Gasteiger charge is 2.21. The number of ether oxygens (including phenoxy) is 2. The summed E-state index contributed by atoms with van der Waals surface area (Å²) < 4.78 is 11.0. The number of carbonyl (C=O) groups is 2. The number of anilines is 1. The first-order valence-electron chi connectivity index (χ1n) is 7.21. The highest BCUT2D eigenvalue weighted by molar-refractivity contribution is 7.22. The minimum Gasteiger partial charge on any atom is -0.494 e. The van der Waals surface area contributed by atoms with E-state index in [4.69, 9.17) is 9.47 Å². The topological polar surface area (TPSA) is 97.8 Å². The van der Waals surface area contributed by atoms with Crippen LogP contribution in [-0.2, 0) is 14.3 Å². The van der Waals surface area contributed by atoms with Gasteiger partial charge in [0.25, 0.3) is 5.91 Å². The summed E-state index contributed by atoms with van der Waals surface area (Å²) >= 11 is 1.26. The Kier molecular flexibility index (Phi) is 5.89. The Morgan fingerprint density at radius 3 is 2.83 bits per heavy atom. The van der Waals surface area contributed by atoms with Gasteiger partial charge < -0.3 is 14.6 Å². The number of benzene rings is 1. The number of fused-ring (bicyclic) bond motifs is 1. The lowest BCUT2D eigenvalue weighted by Gasteiger charge is -2.08. The summed E-state index contributed by atoms with van der Waals surface area (Å²) in [5, 5.41) is 12.6. The molecule has 23 heavy (non-hydrogen) atoms. The molecule has 1 aromatic heterocycles. The average Bonchev–Trinajstić information content (AvgIpc) is 2.89. The van der Waals surface area contributed by atoms with Crippen LogP contribution in [0.2, 0.25) is 0 Å². The van der Waals surface area contributed by atoms with Crippen LogP contribution in [-0.4, -0.2) is 41.3 Å². The van der Waals surface area contributed by atoms with Crippen molar-refractivity contribution in [2.45, 2.75) is 26.4 Å². The van der Waals surface area contributed by atoms with Crippen molar-refractivity contribution in [3.63, 3.8) is 0 Å². The molecule has 1 atom stereocenters. The van der Waals surface area contributed by atoms with Gasteiger partial charge in [-0.25, -0.2) is 4.98 Å². The monoisotopic (exact) mass is 338 g/mol. The summed E-state index contributed by atoms with van der Waals surface area (Å²) in [5.74, 6) is -0.591. The van der Waals surface area contributed by atoms with Crippen LogP contribution in [0.15, 0.2) is 18.2 Å². The summed E-state index contributed by atoms with van der Waals surface area (Å²) in [6, 6.07) is 5.43. The van der Waals surface area contributed by atoms with Gasteiger partial charge in [-0.15, -0.1) is 0 Å². The van der Waals surface area contributed by atoms with Gasteiger partial charge in [0.15, 0.2) is 5.13 Å². The summed E-state index contributed by atoms with van der Waals surface area (Å²) in [6.45, 7) is 4.32. The molecule has 0 unspecified atom stereocenters. The molecule has 1 aromatic carbocycles. The number of aromatic nitrogens is 1. The van der Waals surface area contributed by atoms with E-state index in [0.29, 0.717) is 17.3 Å². The maximum atomic E-state index is 11.9. The van der Waals surface area contributed by atoms with Crippen LogP contribution >= 0.6 is 11.3 Å². The molecule has 0 fully saturated rings. The van der Waals surface area contributed by atoms with E-state index in [2.05, 4.69) is 10.3 Å². The Morgan fingerprint density at radius 2 is 2.13 bits per heavy atom. The fourth-order valence-electron chi connectivity index (χ4n) is 1.87. The van der Waals surface area contributed by atoms with Crippen molar-refractivity contribution < 1.29 is 24.2 Å². The highest BCUT2D eigenvalue weighted by Crippen LogP contribution is 2.29. The van der Waals surface area contributed by atoms with Gasteiger partial charge >= 0.3 is 5.97 Å². The Morgan fingerprint density at radius 1 is 1.35 bits per heavy atom. The number of thiazole rings is 1. The molecule has 7 nitrogen and oxygen atoms in total. The van der Waals surface area contributed by atoms with Crippen LogP contribution in [0.25, 0.3) is 10.2 Å². The first-order chi connectivity index (χ1) is 11.0. The fourth-order valence-corrected chi connectivity index (χ4v) is 2.77. The number of aliphatic hydroxyl groups excluding tert-OH is 1. The van der Waals surface area contributed by atoms with Crippen molar-refractivity contribution in [2.75, 3.05) is 18.5 Å². The molecule has 1 amide bonds. The molecule has 124 valence electrons. The second-order valence-corrected chi connectivity index (χ2v) is 5.63. The van der Waals surface area contributed by atoms with Crippen LogP contribution in [0.3, 0.4) is 0 Å². The molecule has 0 radical (unpaired) electrons. The maximum Gasteiger partial charge on any atom is 0.308 e. The Balaban J connectivity index is 2.03. The van der Waals surface area contributed by atoms with Gasteiger partial charge in [0.2, 0.25) is 0 Å². The SMILES string of the molecule is CCOC(=O)C[C@H](O)C(=O)Nc1nc2ccc(OCC)cc2s1. The number of rotatable bonds is 7. The molecular weight excluding hydrogens is 320 g/mol. The van der Waals surface area contributed by atoms with Crippen molar-refractivity contribution in [1.82, 2.24) is 4.98 Å². The quantitative estimate of drug-likeness (QED) is 0.749. The predicted octanol–water partition coefficient (Wildman–Crippen LogP) is 1.95. The molecule has 0 saturated heterocycles. The summed E-state index contributed by atoms with van der Waals surface area (Å²) in [4.78, 5) is 27.4. The average molecular weight is 338 g/mol. The molecule has 1 heterocycles. The van der Waals surface area contributed by atoms with Crippen LogP contribution in [0.4, 0.5) is 5.13 Å². The van der Waals surface area contributed by atoms with Crippen LogP contribution in [0.1, 0.15) is 20.3 Å². The van der Waals surface area contributed by atoms with Gasteiger partial charge in [0.1, 0.15) is 11.9 Å². The minimum absolute atomic E-state index is 0.202. The standard InChI is InChI=1S/C15H18N2O5S/c1-3-21-9-5-6-10-12(7-9)23-15(16-10)17-14(20)11(18)8-13(19)22-4-2/h5-7,11,18H,3-4,8H2,1-2H3,(H,16,17,20)/t11-/m0/s1. The normalized spacial score (nSPS) is 12.0. The molecule has 2 rings (SSSR count). The third-order valence-corrected chi connectivity index (χ3v) is 3.80. The number of hydrogen-bond donors (Lipinski definition) is 2. The number of nitrogens with one attached hydrogen (secondary N) is 1. The Hall–Kier alpha value is -2.19. The van der Waals surface area contributed by atoms with Gasteiger partial charge in [-0.3, -0.25) is 14.9 Å². The van der Waals surface area contributed by atoms with E-state index in [1.165, 1.54) is 11.3 Å². The van der Waals surface area contributed by atoms with Gasteiger partial charge in [0, 0.05) is 0 Å². The van der Waals surface area contributed by atoms with Crippen molar-refractivity contribution >= 4 is 38.6 Å². The molecule has 0 bridgehead atoms. The minimum atomic E-state index is -1.47. The lowest BCUT2D eigenvalue weighted by molar-refractivity contribution is -0.147. The smallest absolute Gasteiger partial charge is 0.308 e. The van der Waals surface area contributed by atoms with E-state index in [1.807, 2.05) is 13.0 Å². The molecule has 2 N–H and O–H groups in total. The van der Waals surface area contributed by atoms with Gasteiger partial charge in [-0.05, 0) is 32.0 Å². The summed E-state index contributed by atoms with van der Waals surface area (Å²) in [5.41, 5.74) is 0.716. The van der Waals surface area contributed by atoms with E-state index in [1.54, 1.807) is 19.1 Å². The fraction of sp³-hybridized carbons (Fsp3) is 0.400. The highest BCUT2D eigenvalue weighted by atomic mass is 32.1. The van der Waals surface area contributed by atoms with Crippen LogP contribution < -0.4 is 10.1 Å². The van der Waals surface area contributed by atoms with Crippen molar-refractivity contribution in [3.05, 3.63) is 18.2 Å². The predicted molar refractivity (Wildman–Crippen MR) is 86.7 cm³/mol. The van der Waals surface area contributed by atoms with E-state index in [0.717, 1.165) is 10.4 Å². The third kappa shape index (κ3) is 4.64. The molecule has 8 heteroatoms. The largest absolute Gasteiger partial charge is 0.494 e. The molecule has 2 aromatic rings. The summed E-state index contributed by atoms with van der Waals surface area (Å²) in [6.07, 6.45) is -1.86. The number of carbonyl (C=O) groups excluding carboxylic acids is 2. The number of amides is 1. The van der Waals surface area contributed by atoms with E-state index < -0.39 is 18.0 Å². The Labute approximate surface area is 137 Å². The Bertz CT molecular complexity index is 700. The zero-order valence-electron chi connectivity index (χ0n) is 12.9. The molecule has 0 spiro atoms. The molecular formula is C15H18N2O5S. The first-order valence-corrected chi connectivity index (χ1v) is 8.03. The van der Waals surface area contributed by atoms with Crippen molar-refractivity contribution in [2.24, 2.45) is 0 Å². The van der Waals surface area contributed by atoms with E-state index in [-0.39, 0.29) is 13.0 Å². The number of aliphatic hydroxyl groups is 1. The third-order valence-electron chi connectivity index (χ3n) is 2.87. The second kappa shape index (κ2) is 7.89. The lowest BCUT2D eigenvalue weighted by Crippen LogP contribution is -2.30. The van der Waals surface area contributed by atoms with Crippen LogP contribution in [0, 0.1) is 0 Å².